The lowest BCUT2D eigenvalue weighted by molar-refractivity contribution is -0.135. The maximum Gasteiger partial charge on any atom is 0.249 e. The van der Waals surface area contributed by atoms with Crippen LogP contribution < -0.4 is 10.6 Å². The summed E-state index contributed by atoms with van der Waals surface area (Å²) in [6, 6.07) is 0.363. The van der Waals surface area contributed by atoms with Crippen LogP contribution in [0.3, 0.4) is 0 Å². The van der Waals surface area contributed by atoms with Crippen LogP contribution in [-0.4, -0.2) is 37.7 Å². The molecule has 0 radical (unpaired) electrons. The smallest absolute Gasteiger partial charge is 0.249 e. The molecule has 2 atom stereocenters. The van der Waals surface area contributed by atoms with E-state index in [2.05, 4.69) is 10.6 Å². The van der Waals surface area contributed by atoms with Crippen LogP contribution in [0.2, 0.25) is 0 Å². The van der Waals surface area contributed by atoms with E-state index in [1.165, 1.54) is 19.3 Å². The summed E-state index contributed by atoms with van der Waals surface area (Å²) < 4.78 is 5.62. The minimum absolute atomic E-state index is 0.0276. The molecule has 0 spiro atoms. The molecule has 0 saturated heterocycles. The first-order valence-corrected chi connectivity index (χ1v) is 6.74. The van der Waals surface area contributed by atoms with Crippen LogP contribution in [0, 0.1) is 0 Å². The Bertz CT molecular complexity index is 227. The molecule has 2 N–H and O–H groups in total. The molecule has 0 aromatic heterocycles. The van der Waals surface area contributed by atoms with E-state index in [0.29, 0.717) is 6.04 Å². The van der Waals surface area contributed by atoms with Gasteiger partial charge in [0, 0.05) is 12.6 Å². The van der Waals surface area contributed by atoms with E-state index in [0.717, 1.165) is 19.4 Å². The summed E-state index contributed by atoms with van der Waals surface area (Å²) in [5.41, 5.74) is 0. The zero-order valence-electron chi connectivity index (χ0n) is 11.3. The maximum absolute atomic E-state index is 11.9. The standard InChI is InChI=1S/C13H26N2O2/c1-10(9-14-3)17-11(2)13(16)15-12-7-5-4-6-8-12/h10-12,14H,4-9H2,1-3H3,(H,15,16). The molecule has 17 heavy (non-hydrogen) atoms. The fraction of sp³-hybridized carbons (Fsp3) is 0.923. The van der Waals surface area contributed by atoms with Crippen LogP contribution in [0.25, 0.3) is 0 Å². The number of carbonyl (C=O) groups is 1. The molecule has 100 valence electrons. The molecule has 1 fully saturated rings. The summed E-state index contributed by atoms with van der Waals surface area (Å²) in [4.78, 5) is 11.9. The lowest BCUT2D eigenvalue weighted by Crippen LogP contribution is -2.43. The van der Waals surface area contributed by atoms with Crippen molar-refractivity contribution >= 4 is 5.91 Å². The summed E-state index contributed by atoms with van der Waals surface area (Å²) in [7, 11) is 1.88. The van der Waals surface area contributed by atoms with Crippen LogP contribution >= 0.6 is 0 Å². The zero-order chi connectivity index (χ0) is 12.7. The van der Waals surface area contributed by atoms with Gasteiger partial charge in [0.05, 0.1) is 6.10 Å². The van der Waals surface area contributed by atoms with Gasteiger partial charge < -0.3 is 15.4 Å². The second-order valence-electron chi connectivity index (χ2n) is 4.99. The quantitative estimate of drug-likeness (QED) is 0.741. The van der Waals surface area contributed by atoms with Crippen molar-refractivity contribution in [2.24, 2.45) is 0 Å². The molecule has 1 aliphatic carbocycles. The highest BCUT2D eigenvalue weighted by Gasteiger charge is 2.21. The Morgan fingerprint density at radius 1 is 1.29 bits per heavy atom. The number of hydrogen-bond acceptors (Lipinski definition) is 3. The highest BCUT2D eigenvalue weighted by molar-refractivity contribution is 5.80. The summed E-state index contributed by atoms with van der Waals surface area (Å²) in [6.45, 7) is 4.56. The van der Waals surface area contributed by atoms with E-state index in [4.69, 9.17) is 4.74 Å². The number of likely N-dealkylation sites (N-methyl/N-ethyl adjacent to an activating group) is 1. The topological polar surface area (TPSA) is 50.4 Å². The Kier molecular flexibility index (Phi) is 6.52. The highest BCUT2D eigenvalue weighted by atomic mass is 16.5. The molecule has 0 aromatic rings. The van der Waals surface area contributed by atoms with Crippen molar-refractivity contribution in [1.29, 1.82) is 0 Å². The molecule has 1 amide bonds. The number of amides is 1. The molecule has 0 bridgehead atoms. The van der Waals surface area contributed by atoms with Crippen LogP contribution in [0.15, 0.2) is 0 Å². The molecule has 4 heteroatoms. The van der Waals surface area contributed by atoms with Crippen LogP contribution in [0.4, 0.5) is 0 Å². The lowest BCUT2D eigenvalue weighted by Gasteiger charge is -2.25. The lowest BCUT2D eigenvalue weighted by atomic mass is 9.95. The fourth-order valence-electron chi connectivity index (χ4n) is 2.31. The first-order chi connectivity index (χ1) is 8.13. The van der Waals surface area contributed by atoms with Gasteiger partial charge in [-0.05, 0) is 33.7 Å². The Morgan fingerprint density at radius 2 is 1.94 bits per heavy atom. The molecule has 4 nitrogen and oxygen atoms in total. The highest BCUT2D eigenvalue weighted by Crippen LogP contribution is 2.17. The Hall–Kier alpha value is -0.610. The van der Waals surface area contributed by atoms with Gasteiger partial charge in [-0.2, -0.15) is 0 Å². The fourth-order valence-corrected chi connectivity index (χ4v) is 2.31. The number of hydrogen-bond donors (Lipinski definition) is 2. The maximum atomic E-state index is 11.9. The molecule has 1 saturated carbocycles. The monoisotopic (exact) mass is 242 g/mol. The molecule has 1 aliphatic rings. The normalized spacial score (nSPS) is 20.9. The van der Waals surface area contributed by atoms with Crippen molar-refractivity contribution in [2.45, 2.75) is 64.2 Å². The average Bonchev–Trinajstić information content (AvgIpc) is 2.30. The van der Waals surface area contributed by atoms with E-state index < -0.39 is 0 Å². The van der Waals surface area contributed by atoms with E-state index in [9.17, 15) is 4.79 Å². The predicted molar refractivity (Wildman–Crippen MR) is 69.0 cm³/mol. The Labute approximate surface area is 104 Å². The third kappa shape index (κ3) is 5.50. The summed E-state index contributed by atoms with van der Waals surface area (Å²) >= 11 is 0. The van der Waals surface area contributed by atoms with Crippen LogP contribution in [0.5, 0.6) is 0 Å². The van der Waals surface area contributed by atoms with E-state index in [1.54, 1.807) is 0 Å². The third-order valence-corrected chi connectivity index (χ3v) is 3.25. The van der Waals surface area contributed by atoms with Crippen LogP contribution in [-0.2, 0) is 9.53 Å². The molecule has 2 unspecified atom stereocenters. The second-order valence-corrected chi connectivity index (χ2v) is 4.99. The number of carbonyl (C=O) groups excluding carboxylic acids is 1. The average molecular weight is 242 g/mol. The minimum Gasteiger partial charge on any atom is -0.364 e. The molecular weight excluding hydrogens is 216 g/mol. The first kappa shape index (κ1) is 14.5. The summed E-state index contributed by atoms with van der Waals surface area (Å²) in [5, 5.41) is 6.12. The van der Waals surface area contributed by atoms with Gasteiger partial charge in [0.15, 0.2) is 0 Å². The van der Waals surface area contributed by atoms with Crippen molar-refractivity contribution in [3.63, 3.8) is 0 Å². The van der Waals surface area contributed by atoms with Gasteiger partial charge in [0.2, 0.25) is 5.91 Å². The van der Waals surface area contributed by atoms with Crippen molar-refractivity contribution in [2.75, 3.05) is 13.6 Å². The molecule has 0 heterocycles. The molecule has 1 rings (SSSR count). The van der Waals surface area contributed by atoms with Gasteiger partial charge >= 0.3 is 0 Å². The van der Waals surface area contributed by atoms with Crippen molar-refractivity contribution in [3.8, 4) is 0 Å². The summed E-state index contributed by atoms with van der Waals surface area (Å²) in [6.07, 6.45) is 5.70. The number of ether oxygens (including phenoxy) is 1. The zero-order valence-corrected chi connectivity index (χ0v) is 11.3. The Morgan fingerprint density at radius 3 is 2.53 bits per heavy atom. The van der Waals surface area contributed by atoms with Gasteiger partial charge in [-0.1, -0.05) is 19.3 Å². The number of rotatable bonds is 6. The first-order valence-electron chi connectivity index (χ1n) is 6.74. The summed E-state index contributed by atoms with van der Waals surface area (Å²) in [5.74, 6) is 0.0276. The second kappa shape index (κ2) is 7.67. The van der Waals surface area contributed by atoms with Crippen LogP contribution in [0.1, 0.15) is 46.0 Å². The van der Waals surface area contributed by atoms with E-state index in [-0.39, 0.29) is 18.1 Å². The predicted octanol–water partition coefficient (Wildman–Crippen LogP) is 1.45. The molecule has 0 aliphatic heterocycles. The van der Waals surface area contributed by atoms with Gasteiger partial charge in [0.25, 0.3) is 0 Å². The van der Waals surface area contributed by atoms with Crippen molar-refractivity contribution < 1.29 is 9.53 Å². The van der Waals surface area contributed by atoms with E-state index >= 15 is 0 Å². The van der Waals surface area contributed by atoms with Gasteiger partial charge in [-0.3, -0.25) is 4.79 Å². The van der Waals surface area contributed by atoms with Gasteiger partial charge in [0.1, 0.15) is 6.10 Å². The van der Waals surface area contributed by atoms with Gasteiger partial charge in [-0.15, -0.1) is 0 Å². The molecular formula is C13H26N2O2. The largest absolute Gasteiger partial charge is 0.364 e. The van der Waals surface area contributed by atoms with Crippen molar-refractivity contribution in [1.82, 2.24) is 10.6 Å². The van der Waals surface area contributed by atoms with E-state index in [1.807, 2.05) is 20.9 Å². The minimum atomic E-state index is -0.361. The van der Waals surface area contributed by atoms with Crippen molar-refractivity contribution in [3.05, 3.63) is 0 Å². The molecule has 0 aromatic carbocycles. The SMILES string of the molecule is CNCC(C)OC(C)C(=O)NC1CCCCC1. The third-order valence-electron chi connectivity index (χ3n) is 3.25. The Balaban J connectivity index is 2.25. The number of nitrogens with one attached hydrogen (secondary N) is 2. The van der Waals surface area contributed by atoms with Gasteiger partial charge in [-0.25, -0.2) is 0 Å².